The zero-order valence-corrected chi connectivity index (χ0v) is 14.4. The van der Waals surface area contributed by atoms with Crippen molar-refractivity contribution in [3.63, 3.8) is 0 Å². The average molecular weight is 353 g/mol. The van der Waals surface area contributed by atoms with Crippen molar-refractivity contribution in [1.82, 2.24) is 5.32 Å². The van der Waals surface area contributed by atoms with E-state index in [2.05, 4.69) is 41.2 Å². The lowest BCUT2D eigenvalue weighted by Gasteiger charge is -2.15. The van der Waals surface area contributed by atoms with E-state index in [0.29, 0.717) is 19.3 Å². The summed E-state index contributed by atoms with van der Waals surface area (Å²) in [5, 5.41) is 3.39. The van der Waals surface area contributed by atoms with Crippen LogP contribution in [0.25, 0.3) is 0 Å². The van der Waals surface area contributed by atoms with Crippen LogP contribution in [0.5, 0.6) is 11.5 Å². The van der Waals surface area contributed by atoms with Crippen molar-refractivity contribution in [2.45, 2.75) is 40.3 Å². The number of hydrogen-bond donors (Lipinski definition) is 1. The summed E-state index contributed by atoms with van der Waals surface area (Å²) < 4.78 is 12.2. The molecule has 1 rings (SSSR count). The van der Waals surface area contributed by atoms with Crippen LogP contribution >= 0.6 is 28.3 Å². The van der Waals surface area contributed by atoms with Crippen LogP contribution in [0.15, 0.2) is 16.6 Å². The van der Waals surface area contributed by atoms with E-state index in [9.17, 15) is 0 Å². The fourth-order valence-electron chi connectivity index (χ4n) is 1.59. The molecule has 0 atom stereocenters. The van der Waals surface area contributed by atoms with Crippen molar-refractivity contribution in [1.29, 1.82) is 0 Å². The van der Waals surface area contributed by atoms with Gasteiger partial charge >= 0.3 is 0 Å². The number of halogens is 2. The van der Waals surface area contributed by atoms with Gasteiger partial charge in [-0.25, -0.2) is 0 Å². The van der Waals surface area contributed by atoms with Gasteiger partial charge in [0.25, 0.3) is 0 Å². The summed E-state index contributed by atoms with van der Waals surface area (Å²) in [5.41, 5.74) is 1.18. The minimum Gasteiger partial charge on any atom is -0.490 e. The minimum absolute atomic E-state index is 0. The molecule has 3 nitrogen and oxygen atoms in total. The normalized spacial score (nSPS) is 10.2. The number of nitrogens with one attached hydrogen (secondary N) is 1. The first-order valence-corrected chi connectivity index (χ1v) is 7.19. The summed E-state index contributed by atoms with van der Waals surface area (Å²) in [7, 11) is 0. The molecule has 0 fully saturated rings. The van der Waals surface area contributed by atoms with Crippen molar-refractivity contribution in [3.8, 4) is 11.5 Å². The molecule has 5 heteroatoms. The van der Waals surface area contributed by atoms with E-state index in [-0.39, 0.29) is 12.4 Å². The molecule has 0 bridgehead atoms. The zero-order chi connectivity index (χ0) is 13.5. The fraction of sp³-hybridized carbons (Fsp3) is 0.571. The van der Waals surface area contributed by atoms with E-state index < -0.39 is 0 Å². The van der Waals surface area contributed by atoms with Crippen molar-refractivity contribution < 1.29 is 9.47 Å². The van der Waals surface area contributed by atoms with E-state index >= 15 is 0 Å². The van der Waals surface area contributed by atoms with Crippen LogP contribution in [0.4, 0.5) is 0 Å². The highest BCUT2D eigenvalue weighted by atomic mass is 79.9. The molecule has 110 valence electrons. The Morgan fingerprint density at radius 3 is 2.32 bits per heavy atom. The predicted molar refractivity (Wildman–Crippen MR) is 85.7 cm³/mol. The first kappa shape index (κ1) is 18.6. The van der Waals surface area contributed by atoms with Crippen LogP contribution < -0.4 is 14.8 Å². The Labute approximate surface area is 130 Å². The van der Waals surface area contributed by atoms with E-state index in [1.54, 1.807) is 0 Å². The number of hydrogen-bond acceptors (Lipinski definition) is 3. The summed E-state index contributed by atoms with van der Waals surface area (Å²) in [4.78, 5) is 0. The molecule has 1 N–H and O–H groups in total. The molecule has 0 amide bonds. The largest absolute Gasteiger partial charge is 0.490 e. The molecule has 1 aromatic rings. The molecule has 0 aliphatic carbocycles. The zero-order valence-electron chi connectivity index (χ0n) is 12.0. The first-order valence-electron chi connectivity index (χ1n) is 6.39. The Balaban J connectivity index is 0.00000324. The van der Waals surface area contributed by atoms with Gasteiger partial charge in [0.15, 0.2) is 11.5 Å². The summed E-state index contributed by atoms with van der Waals surface area (Å²) >= 11 is 3.54. The van der Waals surface area contributed by atoms with Crippen LogP contribution in [0.3, 0.4) is 0 Å². The van der Waals surface area contributed by atoms with E-state index in [0.717, 1.165) is 22.5 Å². The quantitative estimate of drug-likeness (QED) is 0.799. The van der Waals surface area contributed by atoms with Crippen LogP contribution in [-0.4, -0.2) is 19.3 Å². The Morgan fingerprint density at radius 1 is 1.16 bits per heavy atom. The summed E-state index contributed by atoms with van der Waals surface area (Å²) in [6, 6.07) is 4.57. The van der Waals surface area contributed by atoms with Gasteiger partial charge in [-0.1, -0.05) is 13.8 Å². The first-order chi connectivity index (χ1) is 8.58. The van der Waals surface area contributed by atoms with E-state index in [1.165, 1.54) is 5.56 Å². The molecule has 0 spiro atoms. The lowest BCUT2D eigenvalue weighted by atomic mass is 10.2. The van der Waals surface area contributed by atoms with E-state index in [4.69, 9.17) is 9.47 Å². The minimum atomic E-state index is 0. The fourth-order valence-corrected chi connectivity index (χ4v) is 2.20. The highest BCUT2D eigenvalue weighted by Crippen LogP contribution is 2.36. The van der Waals surface area contributed by atoms with Gasteiger partial charge in [-0.15, -0.1) is 12.4 Å². The van der Waals surface area contributed by atoms with Crippen molar-refractivity contribution in [2.75, 3.05) is 13.2 Å². The molecule has 0 heterocycles. The van der Waals surface area contributed by atoms with Gasteiger partial charge in [0.05, 0.1) is 17.7 Å². The van der Waals surface area contributed by atoms with Gasteiger partial charge < -0.3 is 14.8 Å². The SMILES string of the molecule is CCOc1cc(CNC(C)C)cc(Br)c1OCC.Cl. The van der Waals surface area contributed by atoms with E-state index in [1.807, 2.05) is 19.9 Å². The molecule has 19 heavy (non-hydrogen) atoms. The maximum Gasteiger partial charge on any atom is 0.175 e. The molecule has 0 saturated heterocycles. The van der Waals surface area contributed by atoms with Gasteiger partial charge in [-0.3, -0.25) is 0 Å². The third-order valence-corrected chi connectivity index (χ3v) is 2.96. The van der Waals surface area contributed by atoms with Crippen LogP contribution in [0, 0.1) is 0 Å². The number of benzene rings is 1. The second kappa shape index (κ2) is 9.45. The van der Waals surface area contributed by atoms with Gasteiger partial charge in [0.2, 0.25) is 0 Å². The van der Waals surface area contributed by atoms with Gasteiger partial charge in [0.1, 0.15) is 0 Å². The third-order valence-electron chi connectivity index (χ3n) is 2.37. The molecule has 0 aromatic heterocycles. The lowest BCUT2D eigenvalue weighted by molar-refractivity contribution is 0.286. The second-order valence-corrected chi connectivity index (χ2v) is 5.16. The Kier molecular flexibility index (Phi) is 9.23. The van der Waals surface area contributed by atoms with Gasteiger partial charge in [-0.2, -0.15) is 0 Å². The van der Waals surface area contributed by atoms with Crippen molar-refractivity contribution in [2.24, 2.45) is 0 Å². The number of rotatable bonds is 7. The Bertz CT molecular complexity index is 386. The lowest BCUT2D eigenvalue weighted by Crippen LogP contribution is -2.21. The molecule has 1 aromatic carbocycles. The van der Waals surface area contributed by atoms with Crippen molar-refractivity contribution >= 4 is 28.3 Å². The maximum atomic E-state index is 5.64. The highest BCUT2D eigenvalue weighted by Gasteiger charge is 2.11. The summed E-state index contributed by atoms with van der Waals surface area (Å²) in [5.74, 6) is 1.59. The summed E-state index contributed by atoms with van der Waals surface area (Å²) in [6.07, 6.45) is 0. The van der Waals surface area contributed by atoms with Crippen molar-refractivity contribution in [3.05, 3.63) is 22.2 Å². The predicted octanol–water partition coefficient (Wildman–Crippen LogP) is 4.17. The Morgan fingerprint density at radius 2 is 1.79 bits per heavy atom. The molecule has 0 radical (unpaired) electrons. The molecule has 0 aliphatic rings. The van der Waals surface area contributed by atoms with Crippen LogP contribution in [0.2, 0.25) is 0 Å². The van der Waals surface area contributed by atoms with Crippen LogP contribution in [-0.2, 0) is 6.54 Å². The smallest absolute Gasteiger partial charge is 0.175 e. The van der Waals surface area contributed by atoms with Gasteiger partial charge in [0, 0.05) is 12.6 Å². The molecule has 0 saturated carbocycles. The Hall–Kier alpha value is -0.450. The topological polar surface area (TPSA) is 30.5 Å². The number of ether oxygens (including phenoxy) is 2. The monoisotopic (exact) mass is 351 g/mol. The third kappa shape index (κ3) is 6.02. The highest BCUT2D eigenvalue weighted by molar-refractivity contribution is 9.10. The van der Waals surface area contributed by atoms with Gasteiger partial charge in [-0.05, 0) is 47.5 Å². The second-order valence-electron chi connectivity index (χ2n) is 4.31. The molecule has 0 unspecified atom stereocenters. The molecular formula is C14H23BrClNO2. The average Bonchev–Trinajstić information content (AvgIpc) is 2.31. The maximum absolute atomic E-state index is 5.64. The van der Waals surface area contributed by atoms with Crippen LogP contribution in [0.1, 0.15) is 33.3 Å². The summed E-state index contributed by atoms with van der Waals surface area (Å²) in [6.45, 7) is 10.3. The standard InChI is InChI=1S/C14H22BrNO2.ClH/c1-5-17-13-8-11(9-16-10(3)4)7-12(15)14(13)18-6-2;/h7-8,10,16H,5-6,9H2,1-4H3;1H. The molecular weight excluding hydrogens is 330 g/mol. The molecule has 0 aliphatic heterocycles.